The Morgan fingerprint density at radius 2 is 1.47 bits per heavy atom. The molecule has 0 bridgehead atoms. The molecule has 3 amide bonds. The zero-order chi connectivity index (χ0) is 27.1. The van der Waals surface area contributed by atoms with Crippen LogP contribution in [0.25, 0.3) is 0 Å². The standard InChI is InChI=1S/C25H40N4O5S2/c1-5-16(2)21(29-22(30)18(26)11-13-35-3)24(32)28-20(15-17-9-7-6-8-10-17)23(31)27-19(25(33)34)12-14-36-4/h6-10,16,18-21H,5,11-15,26H2,1-4H3,(H,27,31)(H,28,32)(H,29,30)(H,33,34). The molecule has 1 rings (SSSR count). The number of carbonyl (C=O) groups excluding carboxylic acids is 3. The van der Waals surface area contributed by atoms with E-state index in [0.29, 0.717) is 18.6 Å². The number of aliphatic carboxylic acids is 1. The first kappa shape index (κ1) is 31.8. The predicted octanol–water partition coefficient (Wildman–Crippen LogP) is 1.65. The molecule has 9 nitrogen and oxygen atoms in total. The minimum Gasteiger partial charge on any atom is -0.480 e. The highest BCUT2D eigenvalue weighted by atomic mass is 32.2. The van der Waals surface area contributed by atoms with Crippen molar-refractivity contribution in [3.63, 3.8) is 0 Å². The number of thioether (sulfide) groups is 2. The molecule has 1 aromatic rings. The van der Waals surface area contributed by atoms with Crippen molar-refractivity contribution in [2.45, 2.75) is 63.7 Å². The lowest BCUT2D eigenvalue weighted by Crippen LogP contribution is -2.59. The number of hydrogen-bond donors (Lipinski definition) is 5. The number of nitrogens with two attached hydrogens (primary N) is 1. The normalized spacial score (nSPS) is 15.1. The first-order chi connectivity index (χ1) is 17.1. The Morgan fingerprint density at radius 1 is 0.889 bits per heavy atom. The molecule has 5 unspecified atom stereocenters. The highest BCUT2D eigenvalue weighted by molar-refractivity contribution is 7.98. The first-order valence-electron chi connectivity index (χ1n) is 12.1. The van der Waals surface area contributed by atoms with Gasteiger partial charge in [-0.05, 0) is 48.3 Å². The van der Waals surface area contributed by atoms with Gasteiger partial charge < -0.3 is 26.8 Å². The fourth-order valence-electron chi connectivity index (χ4n) is 3.42. The van der Waals surface area contributed by atoms with E-state index in [1.807, 2.05) is 56.7 Å². The summed E-state index contributed by atoms with van der Waals surface area (Å²) in [7, 11) is 0. The van der Waals surface area contributed by atoms with Gasteiger partial charge in [-0.1, -0.05) is 50.6 Å². The molecule has 0 aliphatic heterocycles. The fourth-order valence-corrected chi connectivity index (χ4v) is 4.39. The average Bonchev–Trinajstić information content (AvgIpc) is 2.87. The van der Waals surface area contributed by atoms with Crippen LogP contribution in [0.2, 0.25) is 0 Å². The van der Waals surface area contributed by atoms with E-state index in [-0.39, 0.29) is 18.8 Å². The van der Waals surface area contributed by atoms with Crippen LogP contribution in [-0.2, 0) is 25.6 Å². The van der Waals surface area contributed by atoms with Gasteiger partial charge in [-0.15, -0.1) is 0 Å². The summed E-state index contributed by atoms with van der Waals surface area (Å²) in [6.45, 7) is 3.75. The Balaban J connectivity index is 3.09. The Kier molecular flexibility index (Phi) is 15.2. The van der Waals surface area contributed by atoms with Gasteiger partial charge in [-0.25, -0.2) is 4.79 Å². The van der Waals surface area contributed by atoms with Gasteiger partial charge in [0.2, 0.25) is 17.7 Å². The summed E-state index contributed by atoms with van der Waals surface area (Å²) < 4.78 is 0. The number of benzene rings is 1. The quantitative estimate of drug-likeness (QED) is 0.200. The van der Waals surface area contributed by atoms with Gasteiger partial charge in [0.15, 0.2) is 0 Å². The molecule has 0 spiro atoms. The van der Waals surface area contributed by atoms with E-state index in [9.17, 15) is 24.3 Å². The van der Waals surface area contributed by atoms with Gasteiger partial charge in [0, 0.05) is 6.42 Å². The van der Waals surface area contributed by atoms with Gasteiger partial charge in [0.1, 0.15) is 18.1 Å². The summed E-state index contributed by atoms with van der Waals surface area (Å²) in [5.41, 5.74) is 6.79. The number of hydrogen-bond acceptors (Lipinski definition) is 7. The molecular formula is C25H40N4O5S2. The third-order valence-electron chi connectivity index (χ3n) is 5.90. The van der Waals surface area contributed by atoms with E-state index in [0.717, 1.165) is 11.3 Å². The molecule has 0 aromatic heterocycles. The monoisotopic (exact) mass is 540 g/mol. The lowest BCUT2D eigenvalue weighted by molar-refractivity contribution is -0.142. The average molecular weight is 541 g/mol. The maximum Gasteiger partial charge on any atom is 0.326 e. The highest BCUT2D eigenvalue weighted by Gasteiger charge is 2.32. The number of rotatable bonds is 17. The summed E-state index contributed by atoms with van der Waals surface area (Å²) in [5, 5.41) is 17.6. The summed E-state index contributed by atoms with van der Waals surface area (Å²) in [4.78, 5) is 50.8. The molecule has 11 heteroatoms. The van der Waals surface area contributed by atoms with Crippen molar-refractivity contribution in [3.8, 4) is 0 Å². The van der Waals surface area contributed by atoms with Crippen molar-refractivity contribution in [3.05, 3.63) is 35.9 Å². The van der Waals surface area contributed by atoms with Gasteiger partial charge >= 0.3 is 5.97 Å². The second-order valence-electron chi connectivity index (χ2n) is 8.69. The third kappa shape index (κ3) is 11.2. The Bertz CT molecular complexity index is 843. The highest BCUT2D eigenvalue weighted by Crippen LogP contribution is 2.11. The molecule has 5 atom stereocenters. The molecule has 0 saturated heterocycles. The largest absolute Gasteiger partial charge is 0.480 e. The van der Waals surface area contributed by atoms with Crippen molar-refractivity contribution in [2.24, 2.45) is 11.7 Å². The minimum atomic E-state index is -1.13. The van der Waals surface area contributed by atoms with E-state index >= 15 is 0 Å². The van der Waals surface area contributed by atoms with Crippen molar-refractivity contribution in [1.29, 1.82) is 0 Å². The van der Waals surface area contributed by atoms with E-state index < -0.39 is 47.9 Å². The molecule has 36 heavy (non-hydrogen) atoms. The summed E-state index contributed by atoms with van der Waals surface area (Å²) in [5.74, 6) is -1.59. The molecule has 6 N–H and O–H groups in total. The van der Waals surface area contributed by atoms with Crippen LogP contribution in [0.4, 0.5) is 0 Å². The molecule has 0 heterocycles. The molecule has 0 aliphatic rings. The van der Waals surface area contributed by atoms with Crippen molar-refractivity contribution >= 4 is 47.2 Å². The molecule has 0 aliphatic carbocycles. The van der Waals surface area contributed by atoms with Crippen LogP contribution in [0.3, 0.4) is 0 Å². The van der Waals surface area contributed by atoms with E-state index in [4.69, 9.17) is 5.73 Å². The molecule has 202 valence electrons. The van der Waals surface area contributed by atoms with E-state index in [2.05, 4.69) is 16.0 Å². The van der Waals surface area contributed by atoms with Crippen LogP contribution in [0.5, 0.6) is 0 Å². The summed E-state index contributed by atoms with van der Waals surface area (Å²) >= 11 is 3.06. The van der Waals surface area contributed by atoms with Crippen molar-refractivity contribution in [2.75, 3.05) is 24.0 Å². The summed E-state index contributed by atoms with van der Waals surface area (Å²) in [6, 6.07) is 5.42. The predicted molar refractivity (Wildman–Crippen MR) is 147 cm³/mol. The minimum absolute atomic E-state index is 0.168. The van der Waals surface area contributed by atoms with Crippen LogP contribution >= 0.6 is 23.5 Å². The number of carbonyl (C=O) groups is 4. The second kappa shape index (κ2) is 17.3. The van der Waals surface area contributed by atoms with Gasteiger partial charge in [0.05, 0.1) is 6.04 Å². The molecule has 0 fully saturated rings. The lowest BCUT2D eigenvalue weighted by atomic mass is 9.96. The SMILES string of the molecule is CCC(C)C(NC(=O)C(N)CCSC)C(=O)NC(Cc1ccccc1)C(=O)NC(CCSC)C(=O)O. The maximum absolute atomic E-state index is 13.3. The summed E-state index contributed by atoms with van der Waals surface area (Å²) in [6.07, 6.45) is 5.30. The third-order valence-corrected chi connectivity index (χ3v) is 7.19. The first-order valence-corrected chi connectivity index (χ1v) is 14.8. The van der Waals surface area contributed by atoms with Gasteiger partial charge in [-0.3, -0.25) is 14.4 Å². The lowest BCUT2D eigenvalue weighted by Gasteiger charge is -2.28. The maximum atomic E-state index is 13.3. The molecule has 0 saturated carbocycles. The molecule has 0 radical (unpaired) electrons. The zero-order valence-corrected chi connectivity index (χ0v) is 23.1. The van der Waals surface area contributed by atoms with Crippen molar-refractivity contribution in [1.82, 2.24) is 16.0 Å². The number of nitrogens with one attached hydrogen (secondary N) is 3. The number of amides is 3. The fraction of sp³-hybridized carbons (Fsp3) is 0.600. The second-order valence-corrected chi connectivity index (χ2v) is 10.7. The topological polar surface area (TPSA) is 151 Å². The van der Waals surface area contributed by atoms with Crippen LogP contribution in [-0.4, -0.2) is 77.0 Å². The van der Waals surface area contributed by atoms with Gasteiger partial charge in [0.25, 0.3) is 0 Å². The van der Waals surface area contributed by atoms with Crippen LogP contribution < -0.4 is 21.7 Å². The molecular weight excluding hydrogens is 500 g/mol. The van der Waals surface area contributed by atoms with E-state index in [1.165, 1.54) is 11.8 Å². The van der Waals surface area contributed by atoms with Crippen LogP contribution in [0, 0.1) is 5.92 Å². The number of carboxylic acid groups (broad SMARTS) is 1. The Morgan fingerprint density at radius 3 is 2.03 bits per heavy atom. The smallest absolute Gasteiger partial charge is 0.326 e. The van der Waals surface area contributed by atoms with E-state index in [1.54, 1.807) is 11.8 Å². The van der Waals surface area contributed by atoms with Crippen LogP contribution in [0.15, 0.2) is 30.3 Å². The zero-order valence-electron chi connectivity index (χ0n) is 21.5. The Hall–Kier alpha value is -2.24. The van der Waals surface area contributed by atoms with Crippen molar-refractivity contribution < 1.29 is 24.3 Å². The Labute approximate surface area is 222 Å². The van der Waals surface area contributed by atoms with Gasteiger partial charge in [-0.2, -0.15) is 23.5 Å². The molecule has 1 aromatic carbocycles. The number of carboxylic acids is 1. The van der Waals surface area contributed by atoms with Crippen LogP contribution in [0.1, 0.15) is 38.7 Å².